The summed E-state index contributed by atoms with van der Waals surface area (Å²) in [5.74, 6) is 0.496. The van der Waals surface area contributed by atoms with Gasteiger partial charge >= 0.3 is 5.97 Å². The first kappa shape index (κ1) is 17.3. The Bertz CT molecular complexity index is 462. The maximum atomic E-state index is 11.8. The minimum absolute atomic E-state index is 0.118. The van der Waals surface area contributed by atoms with Crippen LogP contribution in [0.15, 0.2) is 18.2 Å². The Morgan fingerprint density at radius 3 is 2.67 bits per heavy atom. The van der Waals surface area contributed by atoms with Crippen molar-refractivity contribution >= 4 is 5.97 Å². The fourth-order valence-electron chi connectivity index (χ4n) is 2.05. The normalized spacial score (nSPS) is 13.5. The van der Waals surface area contributed by atoms with Gasteiger partial charge in [-0.15, -0.1) is 0 Å². The van der Waals surface area contributed by atoms with E-state index in [0.29, 0.717) is 18.9 Å². The van der Waals surface area contributed by atoms with Crippen LogP contribution < -0.4 is 10.1 Å². The predicted octanol–water partition coefficient (Wildman–Crippen LogP) is 2.47. The van der Waals surface area contributed by atoms with Gasteiger partial charge in [-0.2, -0.15) is 0 Å². The molecule has 0 aliphatic heterocycles. The van der Waals surface area contributed by atoms with Crippen molar-refractivity contribution < 1.29 is 19.4 Å². The van der Waals surface area contributed by atoms with Gasteiger partial charge in [-0.25, -0.2) is 0 Å². The molecule has 1 rings (SSSR count). The van der Waals surface area contributed by atoms with Crippen molar-refractivity contribution in [3.63, 3.8) is 0 Å². The molecule has 0 aliphatic rings. The van der Waals surface area contributed by atoms with Crippen molar-refractivity contribution in [2.24, 2.45) is 5.92 Å². The Balaban J connectivity index is 2.75. The molecule has 0 heterocycles. The molecule has 5 heteroatoms. The van der Waals surface area contributed by atoms with Crippen LogP contribution >= 0.6 is 0 Å². The summed E-state index contributed by atoms with van der Waals surface area (Å²) < 4.78 is 10.2. The third-order valence-corrected chi connectivity index (χ3v) is 3.52. The highest BCUT2D eigenvalue weighted by atomic mass is 16.5. The molecule has 2 N–H and O–H groups in total. The molecule has 2 atom stereocenters. The number of methoxy groups -OCH3 is 1. The minimum Gasteiger partial charge on any atom is -0.504 e. The molecule has 0 saturated carbocycles. The summed E-state index contributed by atoms with van der Waals surface area (Å²) in [6.45, 7) is 6.90. The average molecular weight is 295 g/mol. The fraction of sp³-hybridized carbons (Fsp3) is 0.562. The third-order valence-electron chi connectivity index (χ3n) is 3.52. The van der Waals surface area contributed by atoms with E-state index in [1.54, 1.807) is 18.2 Å². The number of hydrogen-bond donors (Lipinski definition) is 2. The van der Waals surface area contributed by atoms with Gasteiger partial charge in [0.25, 0.3) is 0 Å². The van der Waals surface area contributed by atoms with Gasteiger partial charge < -0.3 is 19.9 Å². The number of phenols is 1. The van der Waals surface area contributed by atoms with E-state index in [9.17, 15) is 9.90 Å². The molecule has 0 saturated heterocycles. The number of benzene rings is 1. The monoisotopic (exact) mass is 295 g/mol. The summed E-state index contributed by atoms with van der Waals surface area (Å²) >= 11 is 0. The van der Waals surface area contributed by atoms with E-state index in [-0.39, 0.29) is 23.7 Å². The van der Waals surface area contributed by atoms with Crippen molar-refractivity contribution in [2.75, 3.05) is 13.7 Å². The Hall–Kier alpha value is -1.75. The molecule has 0 bridgehead atoms. The lowest BCUT2D eigenvalue weighted by atomic mass is 9.99. The first-order valence-electron chi connectivity index (χ1n) is 7.29. The van der Waals surface area contributed by atoms with Crippen molar-refractivity contribution in [1.82, 2.24) is 5.32 Å². The highest BCUT2D eigenvalue weighted by molar-refractivity contribution is 5.76. The number of esters is 1. The van der Waals surface area contributed by atoms with E-state index in [1.165, 1.54) is 7.11 Å². The standard InChI is InChI=1S/C16H25NO4/c1-5-11(3)15(16(19)20-4)17-10-12-7-8-13(18)14(9-12)21-6-2/h7-9,11,15,17-18H,5-6,10H2,1-4H3. The van der Waals surface area contributed by atoms with Crippen LogP contribution in [-0.2, 0) is 16.1 Å². The van der Waals surface area contributed by atoms with E-state index in [0.717, 1.165) is 12.0 Å². The number of rotatable bonds is 8. The van der Waals surface area contributed by atoms with E-state index < -0.39 is 0 Å². The van der Waals surface area contributed by atoms with Gasteiger partial charge in [0.05, 0.1) is 13.7 Å². The average Bonchev–Trinajstić information content (AvgIpc) is 2.50. The van der Waals surface area contributed by atoms with Gasteiger partial charge in [0.1, 0.15) is 6.04 Å². The summed E-state index contributed by atoms with van der Waals surface area (Å²) in [5, 5.41) is 12.9. The Kier molecular flexibility index (Phi) is 7.02. The first-order chi connectivity index (χ1) is 10.0. The van der Waals surface area contributed by atoms with Gasteiger partial charge in [0.2, 0.25) is 0 Å². The second kappa shape index (κ2) is 8.52. The molecule has 0 aliphatic carbocycles. The Morgan fingerprint density at radius 1 is 1.38 bits per heavy atom. The number of ether oxygens (including phenoxy) is 2. The highest BCUT2D eigenvalue weighted by Gasteiger charge is 2.24. The molecule has 1 aromatic carbocycles. The number of phenolic OH excluding ortho intramolecular Hbond substituents is 1. The van der Waals surface area contributed by atoms with E-state index in [1.807, 2.05) is 20.8 Å². The predicted molar refractivity (Wildman–Crippen MR) is 81.4 cm³/mol. The zero-order valence-electron chi connectivity index (χ0n) is 13.2. The van der Waals surface area contributed by atoms with Crippen molar-refractivity contribution in [2.45, 2.75) is 39.8 Å². The largest absolute Gasteiger partial charge is 0.504 e. The fourth-order valence-corrected chi connectivity index (χ4v) is 2.05. The van der Waals surface area contributed by atoms with Crippen LogP contribution in [0.2, 0.25) is 0 Å². The van der Waals surface area contributed by atoms with Gasteiger partial charge in [-0.05, 0) is 30.5 Å². The van der Waals surface area contributed by atoms with Crippen LogP contribution in [0.1, 0.15) is 32.8 Å². The van der Waals surface area contributed by atoms with Crippen LogP contribution in [-0.4, -0.2) is 30.8 Å². The van der Waals surface area contributed by atoms with Gasteiger partial charge in [0, 0.05) is 6.54 Å². The van der Waals surface area contributed by atoms with Crippen LogP contribution in [0.3, 0.4) is 0 Å². The lowest BCUT2D eigenvalue weighted by Gasteiger charge is -2.22. The van der Waals surface area contributed by atoms with E-state index >= 15 is 0 Å². The molecule has 0 amide bonds. The lowest BCUT2D eigenvalue weighted by molar-refractivity contribution is -0.144. The van der Waals surface area contributed by atoms with Crippen LogP contribution in [0, 0.1) is 5.92 Å². The zero-order valence-corrected chi connectivity index (χ0v) is 13.2. The number of carbonyl (C=O) groups excluding carboxylic acids is 1. The van der Waals surface area contributed by atoms with Crippen LogP contribution in [0.4, 0.5) is 0 Å². The molecule has 5 nitrogen and oxygen atoms in total. The Morgan fingerprint density at radius 2 is 2.10 bits per heavy atom. The number of nitrogens with one attached hydrogen (secondary N) is 1. The molecule has 0 fully saturated rings. The van der Waals surface area contributed by atoms with Crippen molar-refractivity contribution in [1.29, 1.82) is 0 Å². The van der Waals surface area contributed by atoms with Crippen molar-refractivity contribution in [3.05, 3.63) is 23.8 Å². The van der Waals surface area contributed by atoms with Crippen molar-refractivity contribution in [3.8, 4) is 11.5 Å². The lowest BCUT2D eigenvalue weighted by Crippen LogP contribution is -2.42. The number of carbonyl (C=O) groups is 1. The molecule has 1 aromatic rings. The maximum absolute atomic E-state index is 11.8. The minimum atomic E-state index is -0.343. The first-order valence-corrected chi connectivity index (χ1v) is 7.29. The zero-order chi connectivity index (χ0) is 15.8. The molecular weight excluding hydrogens is 270 g/mol. The highest BCUT2D eigenvalue weighted by Crippen LogP contribution is 2.26. The molecule has 0 radical (unpaired) electrons. The smallest absolute Gasteiger partial charge is 0.323 e. The molecule has 0 spiro atoms. The second-order valence-electron chi connectivity index (χ2n) is 5.00. The molecule has 118 valence electrons. The van der Waals surface area contributed by atoms with Gasteiger partial charge in [0.15, 0.2) is 11.5 Å². The number of hydrogen-bond acceptors (Lipinski definition) is 5. The maximum Gasteiger partial charge on any atom is 0.323 e. The summed E-state index contributed by atoms with van der Waals surface area (Å²) in [6.07, 6.45) is 0.881. The quantitative estimate of drug-likeness (QED) is 0.721. The summed E-state index contributed by atoms with van der Waals surface area (Å²) in [4.78, 5) is 11.8. The summed E-state index contributed by atoms with van der Waals surface area (Å²) in [6, 6.07) is 4.83. The molecule has 21 heavy (non-hydrogen) atoms. The van der Waals surface area contributed by atoms with Gasteiger partial charge in [-0.3, -0.25) is 4.79 Å². The Labute approximate surface area is 126 Å². The van der Waals surface area contributed by atoms with Crippen LogP contribution in [0.25, 0.3) is 0 Å². The number of aromatic hydroxyl groups is 1. The van der Waals surface area contributed by atoms with Gasteiger partial charge in [-0.1, -0.05) is 26.3 Å². The summed E-state index contributed by atoms with van der Waals surface area (Å²) in [5.41, 5.74) is 0.938. The third kappa shape index (κ3) is 4.93. The molecule has 0 aromatic heterocycles. The second-order valence-corrected chi connectivity index (χ2v) is 5.00. The SMILES string of the molecule is CCOc1cc(CNC(C(=O)OC)C(C)CC)ccc1O. The summed E-state index contributed by atoms with van der Waals surface area (Å²) in [7, 11) is 1.40. The van der Waals surface area contributed by atoms with E-state index in [4.69, 9.17) is 9.47 Å². The van der Waals surface area contributed by atoms with E-state index in [2.05, 4.69) is 5.32 Å². The van der Waals surface area contributed by atoms with Crippen LogP contribution in [0.5, 0.6) is 11.5 Å². The topological polar surface area (TPSA) is 67.8 Å². The molecule has 2 unspecified atom stereocenters. The molecular formula is C16H25NO4.